The van der Waals surface area contributed by atoms with Gasteiger partial charge in [0, 0.05) is 34.9 Å². The second kappa shape index (κ2) is 21.7. The van der Waals surface area contributed by atoms with Crippen LogP contribution in [0.25, 0.3) is 0 Å². The van der Waals surface area contributed by atoms with E-state index in [1.807, 2.05) is 95.8 Å². The van der Waals surface area contributed by atoms with Gasteiger partial charge in [-0.05, 0) is 57.2 Å². The van der Waals surface area contributed by atoms with Gasteiger partial charge in [-0.2, -0.15) is 0 Å². The van der Waals surface area contributed by atoms with Crippen LogP contribution in [0.15, 0.2) is 30.3 Å². The summed E-state index contributed by atoms with van der Waals surface area (Å²) in [4.78, 5) is 60.9. The highest BCUT2D eigenvalue weighted by Crippen LogP contribution is 2.30. The van der Waals surface area contributed by atoms with Crippen molar-refractivity contribution in [2.45, 2.75) is 130 Å². The van der Waals surface area contributed by atoms with E-state index in [1.54, 1.807) is 33.3 Å². The van der Waals surface area contributed by atoms with Gasteiger partial charge in [-0.1, -0.05) is 85.2 Å². The van der Waals surface area contributed by atoms with Gasteiger partial charge in [-0.25, -0.2) is 0 Å². The Morgan fingerprint density at radius 1 is 0.849 bits per heavy atom. The number of carbonyl (C=O) groups excluding carboxylic acids is 4. The molecule has 12 nitrogen and oxygen atoms in total. The minimum Gasteiger partial charge on any atom is -0.379 e. The Hall–Kier alpha value is -3.06. The molecule has 0 unspecified atom stereocenters. The number of amides is 4. The lowest BCUT2D eigenvalue weighted by atomic mass is 9.89. The number of hydrogen-bond donors (Lipinski definition) is 2. The molecular formula is C41H71N5O7. The van der Waals surface area contributed by atoms with Crippen LogP contribution < -0.4 is 10.6 Å². The van der Waals surface area contributed by atoms with Crippen LogP contribution in [0.2, 0.25) is 0 Å². The molecule has 2 N–H and O–H groups in total. The summed E-state index contributed by atoms with van der Waals surface area (Å²) < 4.78 is 17.8. The summed E-state index contributed by atoms with van der Waals surface area (Å²) >= 11 is 0. The molecule has 4 amide bonds. The second-order valence-electron chi connectivity index (χ2n) is 15.8. The topological polar surface area (TPSA) is 130 Å². The first-order chi connectivity index (χ1) is 25.0. The van der Waals surface area contributed by atoms with Crippen LogP contribution in [-0.2, 0) is 33.4 Å². The lowest BCUT2D eigenvalue weighted by Gasteiger charge is -2.41. The quantitative estimate of drug-likeness (QED) is 0.188. The Kier molecular flexibility index (Phi) is 18.9. The molecule has 0 radical (unpaired) electrons. The number of methoxy groups -OCH3 is 3. The molecule has 0 bridgehead atoms. The molecular weight excluding hydrogens is 674 g/mol. The molecule has 1 fully saturated rings. The van der Waals surface area contributed by atoms with E-state index < -0.39 is 30.2 Å². The molecule has 1 aromatic carbocycles. The molecule has 1 heterocycles. The van der Waals surface area contributed by atoms with E-state index >= 15 is 0 Å². The van der Waals surface area contributed by atoms with Crippen LogP contribution >= 0.6 is 0 Å². The van der Waals surface area contributed by atoms with Crippen molar-refractivity contribution >= 4 is 23.6 Å². The van der Waals surface area contributed by atoms with Gasteiger partial charge < -0.3 is 34.6 Å². The van der Waals surface area contributed by atoms with Crippen LogP contribution in [0.5, 0.6) is 0 Å². The first kappa shape index (κ1) is 46.1. The van der Waals surface area contributed by atoms with Crippen molar-refractivity contribution in [1.82, 2.24) is 25.3 Å². The van der Waals surface area contributed by atoms with Crippen molar-refractivity contribution in [2.24, 2.45) is 23.7 Å². The van der Waals surface area contributed by atoms with Crippen molar-refractivity contribution in [3.8, 4) is 0 Å². The molecule has 0 saturated carbocycles. The number of nitrogens with zero attached hydrogens (tertiary/aromatic N) is 3. The van der Waals surface area contributed by atoms with E-state index in [4.69, 9.17) is 14.2 Å². The Morgan fingerprint density at radius 3 is 1.96 bits per heavy atom. The highest BCUT2D eigenvalue weighted by Gasteiger charge is 2.43. The maximum atomic E-state index is 14.2. The fourth-order valence-electron chi connectivity index (χ4n) is 8.11. The molecule has 302 valence electrons. The number of carbonyl (C=O) groups is 4. The molecule has 1 aliphatic rings. The molecule has 12 heteroatoms. The van der Waals surface area contributed by atoms with Crippen molar-refractivity contribution in [3.63, 3.8) is 0 Å². The first-order valence-corrected chi connectivity index (χ1v) is 19.4. The third-order valence-corrected chi connectivity index (χ3v) is 11.2. The predicted octanol–water partition coefficient (Wildman–Crippen LogP) is 4.53. The Bertz CT molecular complexity index is 1290. The van der Waals surface area contributed by atoms with Crippen LogP contribution in [-0.4, -0.2) is 130 Å². The van der Waals surface area contributed by atoms with Crippen molar-refractivity contribution in [3.05, 3.63) is 35.9 Å². The fourth-order valence-corrected chi connectivity index (χ4v) is 8.11. The summed E-state index contributed by atoms with van der Waals surface area (Å²) in [7, 11) is 10.3. The minimum absolute atomic E-state index is 0.00554. The van der Waals surface area contributed by atoms with Gasteiger partial charge in [0.2, 0.25) is 23.6 Å². The zero-order valence-corrected chi connectivity index (χ0v) is 35.0. The molecule has 53 heavy (non-hydrogen) atoms. The monoisotopic (exact) mass is 746 g/mol. The van der Waals surface area contributed by atoms with Crippen molar-refractivity contribution in [2.75, 3.05) is 49.0 Å². The molecule has 1 saturated heterocycles. The van der Waals surface area contributed by atoms with Gasteiger partial charge in [0.25, 0.3) is 0 Å². The molecule has 1 aliphatic heterocycles. The van der Waals surface area contributed by atoms with Gasteiger partial charge in [0.05, 0.1) is 48.7 Å². The van der Waals surface area contributed by atoms with Crippen LogP contribution in [0, 0.1) is 23.7 Å². The van der Waals surface area contributed by atoms with E-state index in [1.165, 1.54) is 0 Å². The average Bonchev–Trinajstić information content (AvgIpc) is 3.60. The van der Waals surface area contributed by atoms with Crippen LogP contribution in [0.4, 0.5) is 0 Å². The van der Waals surface area contributed by atoms with Crippen molar-refractivity contribution in [1.29, 1.82) is 0 Å². The summed E-state index contributed by atoms with van der Waals surface area (Å²) in [6.07, 6.45) is 0.826. The largest absolute Gasteiger partial charge is 0.379 e. The van der Waals surface area contributed by atoms with Gasteiger partial charge >= 0.3 is 0 Å². The normalized spacial score (nSPS) is 19.9. The molecule has 1 aromatic rings. The third-order valence-electron chi connectivity index (χ3n) is 11.2. The number of benzene rings is 1. The Balaban J connectivity index is 2.26. The van der Waals surface area contributed by atoms with E-state index in [0.717, 1.165) is 18.4 Å². The number of hydrogen-bond acceptors (Lipinski definition) is 8. The Morgan fingerprint density at radius 2 is 1.47 bits per heavy atom. The van der Waals surface area contributed by atoms with Crippen LogP contribution in [0.3, 0.4) is 0 Å². The predicted molar refractivity (Wildman–Crippen MR) is 209 cm³/mol. The highest BCUT2D eigenvalue weighted by atomic mass is 16.5. The maximum absolute atomic E-state index is 14.2. The summed E-state index contributed by atoms with van der Waals surface area (Å²) in [5.41, 5.74) is 0.968. The standard InChI is InChI=1S/C41H71N5O7/c1-15-27(6)36(45(11)41(50)34(25(2)3)43-40(49)35(26(4)5)44(9)10)32(51-12)24-33(47)46-23-19-22-31(46)37(52-13)28(7)39(48)42-29(8)38(53-14)30-20-17-16-18-21-30/h16-18,20-21,25-29,31-32,34-38H,15,19,22-24H2,1-14H3,(H,42,48)(H,43,49)/t27-,28+,29+,31-,32+,34-,35-,36-,37+,38+/m0/s1. The summed E-state index contributed by atoms with van der Waals surface area (Å²) in [6.45, 7) is 16.2. The lowest BCUT2D eigenvalue weighted by Crippen LogP contribution is -2.59. The second-order valence-corrected chi connectivity index (χ2v) is 15.8. The van der Waals surface area contributed by atoms with Crippen LogP contribution in [0.1, 0.15) is 92.7 Å². The summed E-state index contributed by atoms with van der Waals surface area (Å²) in [5, 5.41) is 6.17. The van der Waals surface area contributed by atoms with E-state index in [2.05, 4.69) is 24.5 Å². The third kappa shape index (κ3) is 12.0. The summed E-state index contributed by atoms with van der Waals surface area (Å²) in [5.74, 6) is -1.36. The van der Waals surface area contributed by atoms with E-state index in [-0.39, 0.29) is 72.0 Å². The lowest BCUT2D eigenvalue weighted by molar-refractivity contribution is -0.148. The average molecular weight is 746 g/mol. The van der Waals surface area contributed by atoms with Gasteiger partial charge in [-0.15, -0.1) is 0 Å². The molecule has 10 atom stereocenters. The summed E-state index contributed by atoms with van der Waals surface area (Å²) in [6, 6.07) is 7.60. The SMILES string of the molecule is CC[C@H](C)[C@@H]([C@@H](CC(=O)N1CCC[C@H]1[C@H](OC)[C@@H](C)C(=O)N[C@H](C)[C@@H](OC)c1ccccc1)OC)N(C)C(=O)[C@@H](NC(=O)[C@H](C(C)C)N(C)C)C(C)C. The Labute approximate surface area is 320 Å². The smallest absolute Gasteiger partial charge is 0.245 e. The highest BCUT2D eigenvalue weighted by molar-refractivity contribution is 5.90. The first-order valence-electron chi connectivity index (χ1n) is 19.4. The molecule has 0 aliphatic carbocycles. The molecule has 0 spiro atoms. The molecule has 2 rings (SSSR count). The van der Waals surface area contributed by atoms with E-state index in [0.29, 0.717) is 13.0 Å². The number of nitrogens with one attached hydrogen (secondary N) is 2. The van der Waals surface area contributed by atoms with Gasteiger partial charge in [0.1, 0.15) is 12.1 Å². The number of ether oxygens (including phenoxy) is 3. The van der Waals surface area contributed by atoms with Crippen molar-refractivity contribution < 1.29 is 33.4 Å². The minimum atomic E-state index is -0.749. The number of rotatable bonds is 21. The molecule has 0 aromatic heterocycles. The van der Waals surface area contributed by atoms with Gasteiger partial charge in [0.15, 0.2) is 0 Å². The van der Waals surface area contributed by atoms with Gasteiger partial charge in [-0.3, -0.25) is 24.1 Å². The zero-order chi connectivity index (χ0) is 40.2. The fraction of sp³-hybridized carbons (Fsp3) is 0.756. The maximum Gasteiger partial charge on any atom is 0.245 e. The zero-order valence-electron chi connectivity index (χ0n) is 35.0. The number of likely N-dealkylation sites (tertiary alicyclic amines) is 1. The number of likely N-dealkylation sites (N-methyl/N-ethyl adjacent to an activating group) is 2. The van der Waals surface area contributed by atoms with E-state index in [9.17, 15) is 19.2 Å².